The zero-order valence-corrected chi connectivity index (χ0v) is 18.3. The third kappa shape index (κ3) is 2.13. The SMILES string of the molecule is c1ccc2c(c1)Oc1cc3ccccc3cc1C21c2ccccc2-c2nc3ccccc3cc21. The van der Waals surface area contributed by atoms with Crippen molar-refractivity contribution in [3.05, 3.63) is 138 Å². The van der Waals surface area contributed by atoms with Crippen molar-refractivity contribution >= 4 is 21.7 Å². The normalized spacial score (nSPS) is 17.2. The van der Waals surface area contributed by atoms with Gasteiger partial charge in [-0.15, -0.1) is 0 Å². The van der Waals surface area contributed by atoms with E-state index >= 15 is 0 Å². The molecule has 0 saturated carbocycles. The molecule has 0 N–H and O–H groups in total. The molecule has 0 radical (unpaired) electrons. The molecule has 0 fully saturated rings. The van der Waals surface area contributed by atoms with Gasteiger partial charge in [0, 0.05) is 22.1 Å². The third-order valence-electron chi connectivity index (χ3n) is 7.48. The Kier molecular flexibility index (Phi) is 3.36. The summed E-state index contributed by atoms with van der Waals surface area (Å²) >= 11 is 0. The van der Waals surface area contributed by atoms with E-state index in [-0.39, 0.29) is 0 Å². The largest absolute Gasteiger partial charge is 0.457 e. The Balaban J connectivity index is 1.61. The van der Waals surface area contributed by atoms with E-state index in [0.29, 0.717) is 0 Å². The smallest absolute Gasteiger partial charge is 0.132 e. The number of rotatable bonds is 0. The highest BCUT2D eigenvalue weighted by Crippen LogP contribution is 2.62. The van der Waals surface area contributed by atoms with E-state index in [2.05, 4.69) is 115 Å². The quantitative estimate of drug-likeness (QED) is 0.243. The van der Waals surface area contributed by atoms with Crippen molar-refractivity contribution in [3.8, 4) is 22.8 Å². The van der Waals surface area contributed by atoms with Gasteiger partial charge in [-0.2, -0.15) is 0 Å². The lowest BCUT2D eigenvalue weighted by molar-refractivity contribution is 0.437. The molecule has 2 heteroatoms. The monoisotopic (exact) mass is 433 g/mol. The summed E-state index contributed by atoms with van der Waals surface area (Å²) in [6.45, 7) is 0. The summed E-state index contributed by atoms with van der Waals surface area (Å²) in [5.41, 5.74) is 7.61. The molecule has 1 atom stereocenters. The summed E-state index contributed by atoms with van der Waals surface area (Å²) in [6, 6.07) is 41.0. The summed E-state index contributed by atoms with van der Waals surface area (Å²) in [6.07, 6.45) is 0. The standard InChI is InChI=1S/C32H19NO/c1-2-10-21-19-30-26(17-20(21)9-1)32(25-14-6-8-16-29(25)34-30)24-13-5-4-12-23(24)31-27(32)18-22-11-3-7-15-28(22)33-31/h1-19H. The van der Waals surface area contributed by atoms with Crippen LogP contribution in [0, 0.1) is 0 Å². The van der Waals surface area contributed by atoms with E-state index in [0.717, 1.165) is 28.1 Å². The average Bonchev–Trinajstić information content (AvgIpc) is 3.17. The van der Waals surface area contributed by atoms with Crippen LogP contribution in [0.15, 0.2) is 115 Å². The first-order chi connectivity index (χ1) is 16.8. The van der Waals surface area contributed by atoms with Gasteiger partial charge in [0.25, 0.3) is 0 Å². The number of hydrogen-bond acceptors (Lipinski definition) is 2. The van der Waals surface area contributed by atoms with Crippen LogP contribution in [0.1, 0.15) is 22.3 Å². The second kappa shape index (κ2) is 6.33. The fraction of sp³-hybridized carbons (Fsp3) is 0.0312. The number of ether oxygens (including phenoxy) is 1. The predicted molar refractivity (Wildman–Crippen MR) is 137 cm³/mol. The lowest BCUT2D eigenvalue weighted by Crippen LogP contribution is -2.32. The minimum Gasteiger partial charge on any atom is -0.457 e. The first-order valence-corrected chi connectivity index (χ1v) is 11.6. The maximum atomic E-state index is 6.57. The molecule has 1 aliphatic carbocycles. The van der Waals surface area contributed by atoms with Gasteiger partial charge in [0.2, 0.25) is 0 Å². The van der Waals surface area contributed by atoms with Gasteiger partial charge >= 0.3 is 0 Å². The van der Waals surface area contributed by atoms with Crippen molar-refractivity contribution < 1.29 is 4.74 Å². The molecular weight excluding hydrogens is 414 g/mol. The topological polar surface area (TPSA) is 22.1 Å². The second-order valence-corrected chi connectivity index (χ2v) is 9.17. The maximum Gasteiger partial charge on any atom is 0.132 e. The summed E-state index contributed by atoms with van der Waals surface area (Å²) in [5, 5.41) is 3.54. The Morgan fingerprint density at radius 3 is 2.03 bits per heavy atom. The van der Waals surface area contributed by atoms with Gasteiger partial charge in [-0.3, -0.25) is 0 Å². The van der Waals surface area contributed by atoms with Crippen LogP contribution in [0.25, 0.3) is 32.9 Å². The highest BCUT2D eigenvalue weighted by Gasteiger charge is 2.51. The zero-order valence-electron chi connectivity index (χ0n) is 18.3. The van der Waals surface area contributed by atoms with Crippen molar-refractivity contribution in [2.24, 2.45) is 0 Å². The van der Waals surface area contributed by atoms with E-state index in [1.165, 1.54) is 38.6 Å². The number of fused-ring (bicyclic) bond motifs is 11. The van der Waals surface area contributed by atoms with Crippen molar-refractivity contribution in [2.45, 2.75) is 5.41 Å². The van der Waals surface area contributed by atoms with Crippen molar-refractivity contribution in [1.29, 1.82) is 0 Å². The van der Waals surface area contributed by atoms with Gasteiger partial charge in [-0.1, -0.05) is 84.9 Å². The van der Waals surface area contributed by atoms with Gasteiger partial charge < -0.3 is 4.74 Å². The third-order valence-corrected chi connectivity index (χ3v) is 7.48. The minimum atomic E-state index is -0.489. The van der Waals surface area contributed by atoms with Crippen LogP contribution in [0.4, 0.5) is 0 Å². The molecule has 1 spiro atoms. The molecule has 2 aliphatic rings. The zero-order chi connectivity index (χ0) is 22.3. The summed E-state index contributed by atoms with van der Waals surface area (Å²) < 4.78 is 6.57. The van der Waals surface area contributed by atoms with Gasteiger partial charge in [-0.05, 0) is 52.2 Å². The van der Waals surface area contributed by atoms with Crippen LogP contribution >= 0.6 is 0 Å². The van der Waals surface area contributed by atoms with E-state index in [9.17, 15) is 0 Å². The Hall–Kier alpha value is -4.43. The van der Waals surface area contributed by atoms with Crippen molar-refractivity contribution in [2.75, 3.05) is 0 Å². The molecule has 8 rings (SSSR count). The summed E-state index contributed by atoms with van der Waals surface area (Å²) in [7, 11) is 0. The molecule has 5 aromatic carbocycles. The van der Waals surface area contributed by atoms with Crippen LogP contribution in [0.3, 0.4) is 0 Å². The molecule has 1 aromatic heterocycles. The number of pyridine rings is 1. The maximum absolute atomic E-state index is 6.57. The van der Waals surface area contributed by atoms with E-state index < -0.39 is 5.41 Å². The fourth-order valence-electron chi connectivity index (χ4n) is 6.08. The molecule has 158 valence electrons. The molecular formula is C32H19NO. The molecule has 0 saturated heterocycles. The molecule has 1 aliphatic heterocycles. The second-order valence-electron chi connectivity index (χ2n) is 9.17. The molecule has 6 aromatic rings. The molecule has 1 unspecified atom stereocenters. The van der Waals surface area contributed by atoms with E-state index in [4.69, 9.17) is 9.72 Å². The highest BCUT2D eigenvalue weighted by atomic mass is 16.5. The van der Waals surface area contributed by atoms with Gasteiger partial charge in [0.15, 0.2) is 0 Å². The van der Waals surface area contributed by atoms with E-state index in [1.54, 1.807) is 0 Å². The lowest BCUT2D eigenvalue weighted by Gasteiger charge is -2.39. The fourth-order valence-corrected chi connectivity index (χ4v) is 6.08. The Morgan fingerprint density at radius 1 is 0.500 bits per heavy atom. The summed E-state index contributed by atoms with van der Waals surface area (Å²) in [4.78, 5) is 5.21. The first-order valence-electron chi connectivity index (χ1n) is 11.6. The highest BCUT2D eigenvalue weighted by molar-refractivity contribution is 5.94. The average molecular weight is 434 g/mol. The molecule has 34 heavy (non-hydrogen) atoms. The van der Waals surface area contributed by atoms with Crippen LogP contribution in [0.2, 0.25) is 0 Å². The Morgan fingerprint density at radius 2 is 1.15 bits per heavy atom. The van der Waals surface area contributed by atoms with Gasteiger partial charge in [0.05, 0.1) is 16.6 Å². The van der Waals surface area contributed by atoms with Crippen LogP contribution in [0.5, 0.6) is 11.5 Å². The number of aromatic nitrogens is 1. The van der Waals surface area contributed by atoms with E-state index in [1.807, 2.05) is 0 Å². The molecule has 2 heterocycles. The predicted octanol–water partition coefficient (Wildman–Crippen LogP) is 7.86. The molecule has 0 bridgehead atoms. The molecule has 2 nitrogen and oxygen atoms in total. The number of nitrogens with zero attached hydrogens (tertiary/aromatic N) is 1. The Labute approximate surface area is 197 Å². The van der Waals surface area contributed by atoms with Crippen molar-refractivity contribution in [3.63, 3.8) is 0 Å². The van der Waals surface area contributed by atoms with Gasteiger partial charge in [-0.25, -0.2) is 4.98 Å². The molecule has 0 amide bonds. The summed E-state index contributed by atoms with van der Waals surface area (Å²) in [5.74, 6) is 1.81. The van der Waals surface area contributed by atoms with Crippen LogP contribution < -0.4 is 4.74 Å². The lowest BCUT2D eigenvalue weighted by atomic mass is 9.66. The number of hydrogen-bond donors (Lipinski definition) is 0. The van der Waals surface area contributed by atoms with Crippen LogP contribution in [-0.2, 0) is 5.41 Å². The minimum absolute atomic E-state index is 0.489. The van der Waals surface area contributed by atoms with Gasteiger partial charge in [0.1, 0.15) is 11.5 Å². The number of benzene rings is 5. The van der Waals surface area contributed by atoms with Crippen molar-refractivity contribution in [1.82, 2.24) is 4.98 Å². The first kappa shape index (κ1) is 18.0. The van der Waals surface area contributed by atoms with Crippen LogP contribution in [-0.4, -0.2) is 4.98 Å². The Bertz CT molecular complexity index is 1800. The number of para-hydroxylation sites is 2.